The molecule has 0 spiro atoms. The van der Waals surface area contributed by atoms with Crippen molar-refractivity contribution in [3.8, 4) is 0 Å². The molecule has 2 heteroatoms. The van der Waals surface area contributed by atoms with Crippen LogP contribution in [0.3, 0.4) is 0 Å². The number of hydrogen-bond acceptors (Lipinski definition) is 2. The van der Waals surface area contributed by atoms with Crippen molar-refractivity contribution in [1.29, 1.82) is 0 Å². The Morgan fingerprint density at radius 2 is 2.33 bits per heavy atom. The predicted molar refractivity (Wildman–Crippen MR) is 53.1 cm³/mol. The Balaban J connectivity index is 2.89. The molecule has 0 aliphatic carbocycles. The number of nitrogens with one attached hydrogen (secondary N) is 1. The van der Waals surface area contributed by atoms with E-state index >= 15 is 0 Å². The molecule has 12 heavy (non-hydrogen) atoms. The van der Waals surface area contributed by atoms with Crippen molar-refractivity contribution in [1.82, 2.24) is 4.98 Å². The fraction of sp³-hybridized carbons (Fsp3) is 0.300. The molecule has 64 valence electrons. The van der Waals surface area contributed by atoms with E-state index in [0.717, 1.165) is 11.4 Å². The highest BCUT2D eigenvalue weighted by Crippen LogP contribution is 2.12. The molecule has 0 fully saturated rings. The van der Waals surface area contributed by atoms with Crippen LogP contribution >= 0.6 is 0 Å². The van der Waals surface area contributed by atoms with Gasteiger partial charge in [0.15, 0.2) is 0 Å². The highest BCUT2D eigenvalue weighted by molar-refractivity contribution is 5.61. The van der Waals surface area contributed by atoms with Gasteiger partial charge in [-0.2, -0.15) is 0 Å². The molecule has 1 N–H and O–H groups in total. The molecule has 0 aromatic carbocycles. The van der Waals surface area contributed by atoms with Gasteiger partial charge in [-0.3, -0.25) is 0 Å². The normalized spacial score (nSPS) is 9.92. The fourth-order valence-electron chi connectivity index (χ4n) is 0.976. The average molecular weight is 162 g/mol. The fourth-order valence-corrected chi connectivity index (χ4v) is 0.976. The summed E-state index contributed by atoms with van der Waals surface area (Å²) < 4.78 is 0. The molecule has 0 aliphatic heterocycles. The van der Waals surface area contributed by atoms with Crippen molar-refractivity contribution < 1.29 is 0 Å². The highest BCUT2D eigenvalue weighted by atomic mass is 15.0. The first kappa shape index (κ1) is 8.78. The largest absolute Gasteiger partial charge is 0.367 e. The standard InChI is InChI=1S/C10H14N2/c1-4-9-6-5-7-11-10(9)12-8(2)3/h4-8H,1H2,2-3H3,(H,11,12). The van der Waals surface area contributed by atoms with E-state index in [1.165, 1.54) is 0 Å². The number of nitrogens with zero attached hydrogens (tertiary/aromatic N) is 1. The molecule has 0 aliphatic rings. The van der Waals surface area contributed by atoms with Gasteiger partial charge >= 0.3 is 0 Å². The third kappa shape index (κ3) is 2.09. The Morgan fingerprint density at radius 3 is 2.92 bits per heavy atom. The zero-order chi connectivity index (χ0) is 8.97. The van der Waals surface area contributed by atoms with Crippen LogP contribution in [0.15, 0.2) is 24.9 Å². The number of aromatic nitrogens is 1. The molecule has 0 unspecified atom stereocenters. The molecule has 0 saturated carbocycles. The van der Waals surface area contributed by atoms with E-state index in [-0.39, 0.29) is 0 Å². The second kappa shape index (κ2) is 3.90. The van der Waals surface area contributed by atoms with Crippen LogP contribution < -0.4 is 5.32 Å². The summed E-state index contributed by atoms with van der Waals surface area (Å²) >= 11 is 0. The lowest BCUT2D eigenvalue weighted by molar-refractivity contribution is 0.888. The molecule has 1 rings (SSSR count). The molecule has 0 amide bonds. The topological polar surface area (TPSA) is 24.9 Å². The number of hydrogen-bond donors (Lipinski definition) is 1. The number of anilines is 1. The van der Waals surface area contributed by atoms with E-state index in [1.54, 1.807) is 12.3 Å². The first-order chi connectivity index (χ1) is 5.74. The molecule has 1 heterocycles. The minimum Gasteiger partial charge on any atom is -0.367 e. The van der Waals surface area contributed by atoms with Gasteiger partial charge in [0.05, 0.1) is 0 Å². The van der Waals surface area contributed by atoms with E-state index in [2.05, 4.69) is 30.7 Å². The summed E-state index contributed by atoms with van der Waals surface area (Å²) in [5, 5.41) is 3.24. The molecule has 0 saturated heterocycles. The first-order valence-electron chi connectivity index (χ1n) is 4.08. The Morgan fingerprint density at radius 1 is 1.58 bits per heavy atom. The maximum Gasteiger partial charge on any atom is 0.133 e. The zero-order valence-electron chi connectivity index (χ0n) is 7.54. The summed E-state index contributed by atoms with van der Waals surface area (Å²) in [7, 11) is 0. The molecule has 0 bridgehead atoms. The third-order valence-corrected chi connectivity index (χ3v) is 1.48. The van der Waals surface area contributed by atoms with Gasteiger partial charge in [-0.25, -0.2) is 4.98 Å². The van der Waals surface area contributed by atoms with Crippen LogP contribution in [-0.2, 0) is 0 Å². The Bertz CT molecular complexity index is 266. The van der Waals surface area contributed by atoms with Gasteiger partial charge in [0.1, 0.15) is 5.82 Å². The van der Waals surface area contributed by atoms with Crippen molar-refractivity contribution in [2.24, 2.45) is 0 Å². The SMILES string of the molecule is C=Cc1cccnc1NC(C)C. The number of pyridine rings is 1. The Hall–Kier alpha value is -1.31. The van der Waals surface area contributed by atoms with Crippen molar-refractivity contribution >= 4 is 11.9 Å². The lowest BCUT2D eigenvalue weighted by atomic mass is 10.2. The maximum atomic E-state index is 4.21. The van der Waals surface area contributed by atoms with Gasteiger partial charge in [-0.15, -0.1) is 0 Å². The lowest BCUT2D eigenvalue weighted by Gasteiger charge is -2.10. The monoisotopic (exact) mass is 162 g/mol. The lowest BCUT2D eigenvalue weighted by Crippen LogP contribution is -2.11. The van der Waals surface area contributed by atoms with Crippen molar-refractivity contribution in [3.05, 3.63) is 30.5 Å². The Labute approximate surface area is 73.3 Å². The quantitative estimate of drug-likeness (QED) is 0.738. The van der Waals surface area contributed by atoms with Gasteiger partial charge in [0.2, 0.25) is 0 Å². The van der Waals surface area contributed by atoms with E-state index in [9.17, 15) is 0 Å². The van der Waals surface area contributed by atoms with Gasteiger partial charge in [-0.05, 0) is 26.0 Å². The highest BCUT2D eigenvalue weighted by Gasteiger charge is 1.99. The van der Waals surface area contributed by atoms with Crippen LogP contribution in [-0.4, -0.2) is 11.0 Å². The van der Waals surface area contributed by atoms with E-state index < -0.39 is 0 Å². The maximum absolute atomic E-state index is 4.21. The second-order valence-corrected chi connectivity index (χ2v) is 2.94. The molecule has 2 nitrogen and oxygen atoms in total. The Kier molecular flexibility index (Phi) is 2.86. The zero-order valence-corrected chi connectivity index (χ0v) is 7.54. The summed E-state index contributed by atoms with van der Waals surface area (Å²) in [5.74, 6) is 0.905. The van der Waals surface area contributed by atoms with Crippen LogP contribution in [0, 0.1) is 0 Å². The van der Waals surface area contributed by atoms with Crippen LogP contribution in [0.5, 0.6) is 0 Å². The van der Waals surface area contributed by atoms with Crippen LogP contribution in [0.2, 0.25) is 0 Å². The van der Waals surface area contributed by atoms with Gasteiger partial charge in [-0.1, -0.05) is 12.7 Å². The predicted octanol–water partition coefficient (Wildman–Crippen LogP) is 2.54. The van der Waals surface area contributed by atoms with E-state index in [4.69, 9.17) is 0 Å². The first-order valence-corrected chi connectivity index (χ1v) is 4.08. The minimum absolute atomic E-state index is 0.401. The summed E-state index contributed by atoms with van der Waals surface area (Å²) in [6, 6.07) is 4.30. The molecule has 1 aromatic heterocycles. The van der Waals surface area contributed by atoms with Gasteiger partial charge in [0.25, 0.3) is 0 Å². The van der Waals surface area contributed by atoms with Crippen LogP contribution in [0.25, 0.3) is 6.08 Å². The average Bonchev–Trinajstić information content (AvgIpc) is 2.04. The van der Waals surface area contributed by atoms with E-state index in [0.29, 0.717) is 6.04 Å². The van der Waals surface area contributed by atoms with Crippen LogP contribution in [0.4, 0.5) is 5.82 Å². The van der Waals surface area contributed by atoms with Gasteiger partial charge in [0, 0.05) is 17.8 Å². The molecular weight excluding hydrogens is 148 g/mol. The molecule has 0 atom stereocenters. The molecular formula is C10H14N2. The second-order valence-electron chi connectivity index (χ2n) is 2.94. The summed E-state index contributed by atoms with van der Waals surface area (Å²) in [5.41, 5.74) is 1.05. The van der Waals surface area contributed by atoms with Gasteiger partial charge < -0.3 is 5.32 Å². The van der Waals surface area contributed by atoms with Crippen molar-refractivity contribution in [3.63, 3.8) is 0 Å². The summed E-state index contributed by atoms with van der Waals surface area (Å²) in [6.45, 7) is 7.89. The molecule has 0 radical (unpaired) electrons. The van der Waals surface area contributed by atoms with Crippen LogP contribution in [0.1, 0.15) is 19.4 Å². The van der Waals surface area contributed by atoms with Crippen molar-refractivity contribution in [2.75, 3.05) is 5.32 Å². The summed E-state index contributed by atoms with van der Waals surface area (Å²) in [6.07, 6.45) is 3.58. The summed E-state index contributed by atoms with van der Waals surface area (Å²) in [4.78, 5) is 4.21. The van der Waals surface area contributed by atoms with E-state index in [1.807, 2.05) is 12.1 Å². The smallest absolute Gasteiger partial charge is 0.133 e. The third-order valence-electron chi connectivity index (χ3n) is 1.48. The minimum atomic E-state index is 0.401. The molecule has 1 aromatic rings. The van der Waals surface area contributed by atoms with Crippen molar-refractivity contribution in [2.45, 2.75) is 19.9 Å². The number of rotatable bonds is 3.